The van der Waals surface area contributed by atoms with Crippen LogP contribution in [0.2, 0.25) is 0 Å². The van der Waals surface area contributed by atoms with E-state index in [0.717, 1.165) is 45.6 Å². The first kappa shape index (κ1) is 21.2. The fraction of sp³-hybridized carbons (Fsp3) is 0.417. The van der Waals surface area contributed by atoms with Crippen LogP contribution in [0.5, 0.6) is 0 Å². The van der Waals surface area contributed by atoms with Gasteiger partial charge in [-0.1, -0.05) is 42.5 Å². The molecule has 7 heteroatoms. The zero-order valence-corrected chi connectivity index (χ0v) is 17.8. The Bertz CT molecular complexity index is 891. The van der Waals surface area contributed by atoms with Crippen LogP contribution in [0.15, 0.2) is 55.0 Å². The van der Waals surface area contributed by atoms with Gasteiger partial charge in [0.05, 0.1) is 6.20 Å². The van der Waals surface area contributed by atoms with Gasteiger partial charge in [0.15, 0.2) is 0 Å². The minimum atomic E-state index is -0.126. The topological polar surface area (TPSA) is 69.6 Å². The molecule has 0 atom stereocenters. The van der Waals surface area contributed by atoms with Crippen molar-refractivity contribution < 1.29 is 9.59 Å². The van der Waals surface area contributed by atoms with E-state index >= 15 is 0 Å². The Kier molecular flexibility index (Phi) is 7.04. The van der Waals surface area contributed by atoms with Crippen LogP contribution < -0.4 is 0 Å². The number of amides is 2. The number of benzene rings is 1. The molecule has 0 unspecified atom stereocenters. The lowest BCUT2D eigenvalue weighted by Gasteiger charge is -2.34. The van der Waals surface area contributed by atoms with E-state index in [1.807, 2.05) is 23.1 Å². The Morgan fingerprint density at radius 1 is 1.06 bits per heavy atom. The summed E-state index contributed by atoms with van der Waals surface area (Å²) in [4.78, 5) is 39.7. The standard InChI is InChI=1S/C24H29N5O2/c30-23(10-14-29(21-8-9-21)24(31)22-19-25-11-12-26-22)28-17-15-27(16-18-28)13-4-7-20-5-2-1-3-6-20/h1-7,11-12,19,21H,8-10,13-18H2/b7-4+. The zero-order chi connectivity index (χ0) is 21.5. The molecule has 1 saturated heterocycles. The summed E-state index contributed by atoms with van der Waals surface area (Å²) in [5.74, 6) is -0.00417. The van der Waals surface area contributed by atoms with Gasteiger partial charge in [-0.15, -0.1) is 0 Å². The molecule has 31 heavy (non-hydrogen) atoms. The number of carbonyl (C=O) groups excluding carboxylic acids is 2. The summed E-state index contributed by atoms with van der Waals surface area (Å²) in [7, 11) is 0. The molecule has 2 amide bonds. The Balaban J connectivity index is 1.21. The minimum absolute atomic E-state index is 0.122. The van der Waals surface area contributed by atoms with E-state index in [9.17, 15) is 9.59 Å². The van der Waals surface area contributed by atoms with Crippen LogP contribution in [0.4, 0.5) is 0 Å². The van der Waals surface area contributed by atoms with Gasteiger partial charge in [0, 0.05) is 64.1 Å². The van der Waals surface area contributed by atoms with Crippen molar-refractivity contribution in [2.24, 2.45) is 0 Å². The second-order valence-corrected chi connectivity index (χ2v) is 8.06. The predicted octanol–water partition coefficient (Wildman–Crippen LogP) is 2.33. The third-order valence-corrected chi connectivity index (χ3v) is 5.80. The molecule has 7 nitrogen and oxygen atoms in total. The molecule has 4 rings (SSSR count). The summed E-state index contributed by atoms with van der Waals surface area (Å²) in [5, 5.41) is 0. The first-order valence-electron chi connectivity index (χ1n) is 11.0. The maximum Gasteiger partial charge on any atom is 0.274 e. The van der Waals surface area contributed by atoms with Gasteiger partial charge in [-0.2, -0.15) is 0 Å². The minimum Gasteiger partial charge on any atom is -0.340 e. The number of aromatic nitrogens is 2. The van der Waals surface area contributed by atoms with Crippen LogP contribution in [0.1, 0.15) is 35.3 Å². The molecule has 1 aromatic carbocycles. The molecule has 2 aromatic rings. The maximum atomic E-state index is 12.7. The highest BCUT2D eigenvalue weighted by Crippen LogP contribution is 2.28. The number of hydrogen-bond acceptors (Lipinski definition) is 5. The average Bonchev–Trinajstić information content (AvgIpc) is 3.66. The third-order valence-electron chi connectivity index (χ3n) is 5.80. The number of rotatable bonds is 8. The van der Waals surface area contributed by atoms with Crippen LogP contribution in [0, 0.1) is 0 Å². The lowest BCUT2D eigenvalue weighted by Crippen LogP contribution is -2.49. The van der Waals surface area contributed by atoms with Crippen LogP contribution in [0.25, 0.3) is 6.08 Å². The molecule has 0 radical (unpaired) electrons. The van der Waals surface area contributed by atoms with E-state index in [1.54, 1.807) is 11.1 Å². The number of hydrogen-bond donors (Lipinski definition) is 0. The summed E-state index contributed by atoms with van der Waals surface area (Å²) in [6.45, 7) is 4.54. The summed E-state index contributed by atoms with van der Waals surface area (Å²) in [5.41, 5.74) is 1.55. The zero-order valence-electron chi connectivity index (χ0n) is 17.8. The van der Waals surface area contributed by atoms with Gasteiger partial charge in [-0.05, 0) is 18.4 Å². The van der Waals surface area contributed by atoms with Crippen molar-refractivity contribution in [1.82, 2.24) is 24.7 Å². The second-order valence-electron chi connectivity index (χ2n) is 8.06. The van der Waals surface area contributed by atoms with Gasteiger partial charge < -0.3 is 9.80 Å². The molecule has 1 saturated carbocycles. The normalized spacial score (nSPS) is 17.1. The van der Waals surface area contributed by atoms with Crippen LogP contribution >= 0.6 is 0 Å². The Labute approximate surface area is 183 Å². The van der Waals surface area contributed by atoms with E-state index in [0.29, 0.717) is 18.7 Å². The van der Waals surface area contributed by atoms with E-state index in [4.69, 9.17) is 0 Å². The molecule has 2 aliphatic rings. The summed E-state index contributed by atoms with van der Waals surface area (Å²) >= 11 is 0. The van der Waals surface area contributed by atoms with Gasteiger partial charge in [0.1, 0.15) is 5.69 Å². The molecule has 0 N–H and O–H groups in total. The maximum absolute atomic E-state index is 12.7. The highest BCUT2D eigenvalue weighted by Gasteiger charge is 2.34. The Morgan fingerprint density at radius 2 is 1.84 bits per heavy atom. The lowest BCUT2D eigenvalue weighted by molar-refractivity contribution is -0.133. The van der Waals surface area contributed by atoms with Crippen molar-refractivity contribution in [3.8, 4) is 0 Å². The lowest BCUT2D eigenvalue weighted by atomic mass is 10.2. The molecule has 1 aliphatic carbocycles. The predicted molar refractivity (Wildman–Crippen MR) is 119 cm³/mol. The van der Waals surface area contributed by atoms with Gasteiger partial charge in [0.25, 0.3) is 5.91 Å². The van der Waals surface area contributed by atoms with Crippen LogP contribution in [-0.4, -0.2) is 81.8 Å². The van der Waals surface area contributed by atoms with Gasteiger partial charge in [-0.3, -0.25) is 19.5 Å². The van der Waals surface area contributed by atoms with Crippen LogP contribution in [0.3, 0.4) is 0 Å². The van der Waals surface area contributed by atoms with Gasteiger partial charge in [-0.25, -0.2) is 4.98 Å². The fourth-order valence-electron chi connectivity index (χ4n) is 3.85. The summed E-state index contributed by atoms with van der Waals surface area (Å²) in [6, 6.07) is 10.5. The van der Waals surface area contributed by atoms with Crippen molar-refractivity contribution in [3.05, 3.63) is 66.3 Å². The number of nitrogens with zero attached hydrogens (tertiary/aromatic N) is 5. The second kappa shape index (κ2) is 10.3. The first-order chi connectivity index (χ1) is 15.2. The SMILES string of the molecule is O=C(CCN(C(=O)c1cnccn1)C1CC1)N1CCN(C/C=C/c2ccccc2)CC1. The molecule has 162 valence electrons. The number of piperazine rings is 1. The van der Waals surface area contributed by atoms with E-state index in [1.165, 1.54) is 18.0 Å². The smallest absolute Gasteiger partial charge is 0.274 e. The molecule has 0 spiro atoms. The highest BCUT2D eigenvalue weighted by molar-refractivity contribution is 5.92. The quantitative estimate of drug-likeness (QED) is 0.657. The summed E-state index contributed by atoms with van der Waals surface area (Å²) < 4.78 is 0. The molecule has 0 bridgehead atoms. The largest absolute Gasteiger partial charge is 0.340 e. The molecule has 2 heterocycles. The van der Waals surface area contributed by atoms with Crippen molar-refractivity contribution in [2.45, 2.75) is 25.3 Å². The average molecular weight is 420 g/mol. The first-order valence-corrected chi connectivity index (χ1v) is 11.0. The van der Waals surface area contributed by atoms with Crippen molar-refractivity contribution in [2.75, 3.05) is 39.3 Å². The molecule has 1 aromatic heterocycles. The molecule has 2 fully saturated rings. The van der Waals surface area contributed by atoms with Crippen molar-refractivity contribution >= 4 is 17.9 Å². The van der Waals surface area contributed by atoms with Crippen molar-refractivity contribution in [1.29, 1.82) is 0 Å². The van der Waals surface area contributed by atoms with Crippen LogP contribution in [-0.2, 0) is 4.79 Å². The van der Waals surface area contributed by atoms with Crippen molar-refractivity contribution in [3.63, 3.8) is 0 Å². The van der Waals surface area contributed by atoms with E-state index < -0.39 is 0 Å². The van der Waals surface area contributed by atoms with E-state index in [-0.39, 0.29) is 17.9 Å². The highest BCUT2D eigenvalue weighted by atomic mass is 16.2. The Hall–Kier alpha value is -3.06. The number of carbonyl (C=O) groups is 2. The van der Waals surface area contributed by atoms with E-state index in [2.05, 4.69) is 39.2 Å². The summed E-state index contributed by atoms with van der Waals surface area (Å²) in [6.07, 6.45) is 11.2. The Morgan fingerprint density at radius 3 is 2.52 bits per heavy atom. The van der Waals surface area contributed by atoms with Gasteiger partial charge in [0.2, 0.25) is 5.91 Å². The molecule has 1 aliphatic heterocycles. The van der Waals surface area contributed by atoms with Gasteiger partial charge >= 0.3 is 0 Å². The molecular weight excluding hydrogens is 390 g/mol. The third kappa shape index (κ3) is 5.98. The monoisotopic (exact) mass is 419 g/mol. The fourth-order valence-corrected chi connectivity index (χ4v) is 3.85. The molecular formula is C24H29N5O2.